The Morgan fingerprint density at radius 1 is 1.29 bits per heavy atom. The molecule has 0 aliphatic rings. The van der Waals surface area contributed by atoms with E-state index in [4.69, 9.17) is 5.73 Å². The quantitative estimate of drug-likeness (QED) is 0.502. The first-order valence-corrected chi connectivity index (χ1v) is 6.27. The molecule has 0 amide bonds. The molecular weight excluding hydrogens is 276 g/mol. The number of nitrogen functional groups attached to an aromatic ring is 1. The maximum atomic E-state index is 12.1. The lowest BCUT2D eigenvalue weighted by atomic mass is 10.1. The highest BCUT2D eigenvalue weighted by molar-refractivity contribution is 5.59. The van der Waals surface area contributed by atoms with Crippen LogP contribution >= 0.6 is 0 Å². The number of nitrogens with two attached hydrogens (primary N) is 1. The number of aromatic nitrogens is 2. The van der Waals surface area contributed by atoms with Crippen LogP contribution in [0.3, 0.4) is 0 Å². The molecule has 21 heavy (non-hydrogen) atoms. The van der Waals surface area contributed by atoms with Crippen molar-refractivity contribution < 1.29 is 4.92 Å². The Morgan fingerprint density at radius 3 is 2.57 bits per heavy atom. The molecule has 2 aromatic rings. The van der Waals surface area contributed by atoms with Crippen LogP contribution in [0.25, 0.3) is 0 Å². The van der Waals surface area contributed by atoms with E-state index in [1.54, 1.807) is 6.92 Å². The molecule has 1 aromatic heterocycles. The molecule has 0 saturated heterocycles. The molecule has 0 spiro atoms. The Kier molecular flexibility index (Phi) is 3.88. The molecule has 0 fully saturated rings. The van der Waals surface area contributed by atoms with Gasteiger partial charge in [-0.1, -0.05) is 6.07 Å². The van der Waals surface area contributed by atoms with Gasteiger partial charge < -0.3 is 10.3 Å². The molecule has 0 unspecified atom stereocenters. The third-order valence-electron chi connectivity index (χ3n) is 3.11. The van der Waals surface area contributed by atoms with Crippen molar-refractivity contribution in [2.75, 3.05) is 5.73 Å². The SMILES string of the molecule is CCn1ccc(=O)n(Cc2ccc([N+](=O)[O-])c(N)c2)c1=O. The van der Waals surface area contributed by atoms with Crippen LogP contribution in [-0.4, -0.2) is 14.1 Å². The summed E-state index contributed by atoms with van der Waals surface area (Å²) < 4.78 is 2.46. The fraction of sp³-hybridized carbons (Fsp3) is 0.231. The summed E-state index contributed by atoms with van der Waals surface area (Å²) in [6.45, 7) is 2.25. The van der Waals surface area contributed by atoms with Gasteiger partial charge in [0.2, 0.25) is 0 Å². The minimum absolute atomic E-state index is 0.00250. The molecule has 8 heteroatoms. The Balaban J connectivity index is 2.44. The van der Waals surface area contributed by atoms with Gasteiger partial charge in [0.25, 0.3) is 11.2 Å². The van der Waals surface area contributed by atoms with Gasteiger partial charge >= 0.3 is 5.69 Å². The first kappa shape index (κ1) is 14.5. The summed E-state index contributed by atoms with van der Waals surface area (Å²) in [7, 11) is 0. The number of hydrogen-bond acceptors (Lipinski definition) is 5. The van der Waals surface area contributed by atoms with Crippen LogP contribution in [0.1, 0.15) is 12.5 Å². The third kappa shape index (κ3) is 2.83. The molecular formula is C13H14N4O4. The van der Waals surface area contributed by atoms with Crippen LogP contribution in [0.15, 0.2) is 40.1 Å². The van der Waals surface area contributed by atoms with E-state index in [-0.39, 0.29) is 17.9 Å². The Bertz CT molecular complexity index is 807. The first-order valence-electron chi connectivity index (χ1n) is 6.27. The zero-order valence-electron chi connectivity index (χ0n) is 11.4. The van der Waals surface area contributed by atoms with Crippen molar-refractivity contribution in [3.8, 4) is 0 Å². The zero-order chi connectivity index (χ0) is 15.6. The molecule has 2 rings (SSSR count). The van der Waals surface area contributed by atoms with E-state index in [2.05, 4.69) is 0 Å². The average molecular weight is 290 g/mol. The van der Waals surface area contributed by atoms with Gasteiger partial charge in [-0.2, -0.15) is 0 Å². The molecule has 0 aliphatic heterocycles. The second-order valence-corrected chi connectivity index (χ2v) is 4.46. The number of hydrogen-bond donors (Lipinski definition) is 1. The van der Waals surface area contributed by atoms with Crippen LogP contribution < -0.4 is 17.0 Å². The molecule has 2 N–H and O–H groups in total. The van der Waals surface area contributed by atoms with Crippen LogP contribution in [0.4, 0.5) is 11.4 Å². The predicted octanol–water partition coefficient (Wildman–Crippen LogP) is 0.569. The predicted molar refractivity (Wildman–Crippen MR) is 77.2 cm³/mol. The third-order valence-corrected chi connectivity index (χ3v) is 3.11. The molecule has 0 aliphatic carbocycles. The molecule has 8 nitrogen and oxygen atoms in total. The first-order chi connectivity index (χ1) is 9.93. The van der Waals surface area contributed by atoms with Gasteiger partial charge in [-0.05, 0) is 18.6 Å². The highest BCUT2D eigenvalue weighted by Crippen LogP contribution is 2.22. The molecule has 0 bridgehead atoms. The minimum Gasteiger partial charge on any atom is -0.393 e. The summed E-state index contributed by atoms with van der Waals surface area (Å²) in [6, 6.07) is 5.44. The molecule has 0 atom stereocenters. The van der Waals surface area contributed by atoms with Gasteiger partial charge in [-0.3, -0.25) is 19.5 Å². The number of benzene rings is 1. The lowest BCUT2D eigenvalue weighted by molar-refractivity contribution is -0.383. The van der Waals surface area contributed by atoms with Gasteiger partial charge in [0.05, 0.1) is 11.5 Å². The van der Waals surface area contributed by atoms with Crippen LogP contribution in [0.5, 0.6) is 0 Å². The van der Waals surface area contributed by atoms with Crippen LogP contribution in [-0.2, 0) is 13.1 Å². The lowest BCUT2D eigenvalue weighted by Gasteiger charge is -2.08. The molecule has 0 saturated carbocycles. The van der Waals surface area contributed by atoms with E-state index < -0.39 is 16.2 Å². The number of nitro benzene ring substituents is 1. The van der Waals surface area contributed by atoms with E-state index in [1.807, 2.05) is 0 Å². The highest BCUT2D eigenvalue weighted by Gasteiger charge is 2.12. The van der Waals surface area contributed by atoms with Gasteiger partial charge in [0.15, 0.2) is 0 Å². The number of aryl methyl sites for hydroxylation is 1. The average Bonchev–Trinajstić information content (AvgIpc) is 2.43. The molecule has 0 radical (unpaired) electrons. The minimum atomic E-state index is -0.585. The monoisotopic (exact) mass is 290 g/mol. The van der Waals surface area contributed by atoms with E-state index in [0.29, 0.717) is 12.1 Å². The normalized spacial score (nSPS) is 10.5. The number of nitro groups is 1. The van der Waals surface area contributed by atoms with Gasteiger partial charge in [-0.25, -0.2) is 4.79 Å². The van der Waals surface area contributed by atoms with Gasteiger partial charge in [0.1, 0.15) is 5.69 Å². The number of nitrogens with zero attached hydrogens (tertiary/aromatic N) is 3. The standard InChI is InChI=1S/C13H14N4O4/c1-2-15-6-5-12(18)16(13(15)19)8-9-3-4-11(17(20)21)10(14)7-9/h3-7H,2,8,14H2,1H3. The smallest absolute Gasteiger partial charge is 0.331 e. The van der Waals surface area contributed by atoms with Crippen molar-refractivity contribution in [2.45, 2.75) is 20.0 Å². The van der Waals surface area contributed by atoms with E-state index in [0.717, 1.165) is 4.57 Å². The summed E-state index contributed by atoms with van der Waals surface area (Å²) in [4.78, 5) is 34.0. The fourth-order valence-electron chi connectivity index (χ4n) is 1.99. The summed E-state index contributed by atoms with van der Waals surface area (Å²) in [5.74, 6) is 0. The fourth-order valence-corrected chi connectivity index (χ4v) is 1.99. The maximum absolute atomic E-state index is 12.1. The van der Waals surface area contributed by atoms with E-state index in [9.17, 15) is 19.7 Å². The maximum Gasteiger partial charge on any atom is 0.331 e. The number of anilines is 1. The molecule has 110 valence electrons. The van der Waals surface area contributed by atoms with Crippen LogP contribution in [0, 0.1) is 10.1 Å². The summed E-state index contributed by atoms with van der Waals surface area (Å²) in [6.07, 6.45) is 1.44. The second kappa shape index (κ2) is 5.61. The molecule has 1 aromatic carbocycles. The van der Waals surface area contributed by atoms with Crippen molar-refractivity contribution >= 4 is 11.4 Å². The van der Waals surface area contributed by atoms with Crippen molar-refractivity contribution in [1.82, 2.24) is 9.13 Å². The Labute approximate surface area is 119 Å². The largest absolute Gasteiger partial charge is 0.393 e. The van der Waals surface area contributed by atoms with Gasteiger partial charge in [0, 0.05) is 24.9 Å². The molecule has 1 heterocycles. The topological polar surface area (TPSA) is 113 Å². The van der Waals surface area contributed by atoms with Crippen molar-refractivity contribution in [2.24, 2.45) is 0 Å². The summed E-state index contributed by atoms with van der Waals surface area (Å²) in [5, 5.41) is 10.7. The highest BCUT2D eigenvalue weighted by atomic mass is 16.6. The van der Waals surface area contributed by atoms with Crippen LogP contribution in [0.2, 0.25) is 0 Å². The van der Waals surface area contributed by atoms with Crippen molar-refractivity contribution in [3.05, 3.63) is 67.0 Å². The summed E-state index contributed by atoms with van der Waals surface area (Å²) in [5.41, 5.74) is 5.08. The Morgan fingerprint density at radius 2 is 2.00 bits per heavy atom. The summed E-state index contributed by atoms with van der Waals surface area (Å²) >= 11 is 0. The van der Waals surface area contributed by atoms with Gasteiger partial charge in [-0.15, -0.1) is 0 Å². The van der Waals surface area contributed by atoms with E-state index in [1.165, 1.54) is 35.0 Å². The number of rotatable bonds is 4. The lowest BCUT2D eigenvalue weighted by Crippen LogP contribution is -2.38. The zero-order valence-corrected chi connectivity index (χ0v) is 11.4. The Hall–Kier alpha value is -2.90. The second-order valence-electron chi connectivity index (χ2n) is 4.46. The van der Waals surface area contributed by atoms with Crippen molar-refractivity contribution in [1.29, 1.82) is 0 Å². The van der Waals surface area contributed by atoms with E-state index >= 15 is 0 Å². The van der Waals surface area contributed by atoms with Crippen molar-refractivity contribution in [3.63, 3.8) is 0 Å².